The molecule has 5 aromatic carbocycles. The van der Waals surface area contributed by atoms with Crippen LogP contribution in [-0.4, -0.2) is 88.8 Å². The number of nitrogens with two attached hydrogens (primary N) is 1. The van der Waals surface area contributed by atoms with Gasteiger partial charge in [0.2, 0.25) is 29.5 Å². The second kappa shape index (κ2) is 24.4. The number of primary amides is 1. The third kappa shape index (κ3) is 11.9. The van der Waals surface area contributed by atoms with Crippen LogP contribution < -0.4 is 32.3 Å². The number of amides is 6. The van der Waals surface area contributed by atoms with Gasteiger partial charge >= 0.3 is 11.8 Å². The van der Waals surface area contributed by atoms with Crippen LogP contribution in [0.5, 0.6) is 0 Å². The molecule has 10 rings (SSSR count). The van der Waals surface area contributed by atoms with Crippen LogP contribution >= 0.6 is 0 Å². The van der Waals surface area contributed by atoms with Crippen molar-refractivity contribution in [2.24, 2.45) is 12.8 Å². The van der Waals surface area contributed by atoms with Crippen LogP contribution in [0, 0.1) is 0 Å². The third-order valence-electron chi connectivity index (χ3n) is 16.2. The van der Waals surface area contributed by atoms with Crippen molar-refractivity contribution in [2.45, 2.75) is 133 Å². The maximum absolute atomic E-state index is 14.5. The lowest BCUT2D eigenvalue weighted by Gasteiger charge is -2.31. The molecule has 412 valence electrons. The predicted molar refractivity (Wildman–Crippen MR) is 298 cm³/mol. The molecule has 0 radical (unpaired) electrons. The number of hydrogen-bond acceptors (Lipinski definition) is 10. The average molecular weight is 1070 g/mol. The summed E-state index contributed by atoms with van der Waals surface area (Å²) in [5.74, 6) is -2.18. The van der Waals surface area contributed by atoms with Crippen molar-refractivity contribution in [1.29, 1.82) is 0 Å². The van der Waals surface area contributed by atoms with Gasteiger partial charge in [0.25, 0.3) is 0 Å². The number of nitrogens with one attached hydrogen (secondary N) is 3. The Labute approximate surface area is 459 Å². The van der Waals surface area contributed by atoms with E-state index in [-0.39, 0.29) is 62.3 Å². The first kappa shape index (κ1) is 54.5. The van der Waals surface area contributed by atoms with Gasteiger partial charge in [0, 0.05) is 45.4 Å². The van der Waals surface area contributed by atoms with E-state index >= 15 is 0 Å². The molecule has 17 heteroatoms. The minimum Gasteiger partial charge on any atom is -0.449 e. The molecule has 5 N–H and O–H groups in total. The van der Waals surface area contributed by atoms with E-state index in [9.17, 15) is 33.6 Å². The number of benzene rings is 5. The molecule has 4 aliphatic rings. The number of rotatable bonds is 23. The number of ether oxygens (including phenoxy) is 3. The number of anilines is 1. The minimum atomic E-state index is -0.933. The minimum absolute atomic E-state index is 0.0225. The van der Waals surface area contributed by atoms with E-state index in [2.05, 4.69) is 40.2 Å². The fourth-order valence-electron chi connectivity index (χ4n) is 12.0. The van der Waals surface area contributed by atoms with E-state index < -0.39 is 54.1 Å². The number of carbonyl (C=O) groups excluding carboxylic acids is 6. The van der Waals surface area contributed by atoms with E-state index in [0.717, 1.165) is 88.5 Å². The quantitative estimate of drug-likeness (QED) is 0.0375. The molecular weight excluding hydrogens is 1000 g/mol. The second-order valence-corrected chi connectivity index (χ2v) is 21.4. The normalized spacial score (nSPS) is 18.3. The van der Waals surface area contributed by atoms with Gasteiger partial charge in [-0.15, -0.1) is 0 Å². The maximum atomic E-state index is 14.5. The summed E-state index contributed by atoms with van der Waals surface area (Å²) in [7, 11) is 1.73. The number of hydrogen-bond donors (Lipinski definition) is 4. The summed E-state index contributed by atoms with van der Waals surface area (Å²) in [5.41, 5.74) is 16.9. The largest absolute Gasteiger partial charge is 0.449 e. The van der Waals surface area contributed by atoms with Gasteiger partial charge in [-0.2, -0.15) is 0 Å². The Bertz CT molecular complexity index is 3280. The van der Waals surface area contributed by atoms with Crippen molar-refractivity contribution in [3.8, 4) is 11.1 Å². The van der Waals surface area contributed by atoms with E-state index in [1.54, 1.807) is 16.5 Å². The van der Waals surface area contributed by atoms with Crippen molar-refractivity contribution < 1.29 is 43.0 Å². The van der Waals surface area contributed by atoms with Gasteiger partial charge in [0.15, 0.2) is 0 Å². The van der Waals surface area contributed by atoms with Gasteiger partial charge in [-0.25, -0.2) is 9.59 Å². The first-order valence-corrected chi connectivity index (χ1v) is 27.8. The lowest BCUT2D eigenvalue weighted by atomic mass is 9.98. The van der Waals surface area contributed by atoms with Crippen molar-refractivity contribution >= 4 is 52.3 Å². The van der Waals surface area contributed by atoms with Gasteiger partial charge < -0.3 is 30.6 Å². The Morgan fingerprint density at radius 2 is 1.48 bits per heavy atom. The molecule has 17 nitrogen and oxygen atoms in total. The highest BCUT2D eigenvalue weighted by atomic mass is 16.5. The van der Waals surface area contributed by atoms with Crippen molar-refractivity contribution in [1.82, 2.24) is 25.1 Å². The highest BCUT2D eigenvalue weighted by Gasteiger charge is 2.45. The van der Waals surface area contributed by atoms with Crippen molar-refractivity contribution in [3.05, 3.63) is 159 Å². The standard InChI is InChI=1S/C62H69N7O10/c1-38(78-36-40-25-23-39(24-26-40)13-12-34-77-33-9-3-4-14-41-16-11-22-51-57(41)67(2)62(76)68(51)52-30-32-55(71)66-58(52)72)49(29-31-54(63)70)64-59(73)53-35-43-17-10-15-42-27-28-50(60(74)69(53)56(42)43)65-61(75)79-37-48-46-20-7-5-18-44(46)45-19-6-8-21-47(45)48/h5-8,10-11,15-26,38,48-50,52-53H,3-4,9,12-14,27-37H2,1-2H3,(H2,63,70)(H,64,73)(H,65,75)(H,66,71,72)/t38-,49+,50+,52?,53+/m1/s1. The molecule has 1 unspecified atom stereocenters. The van der Waals surface area contributed by atoms with Gasteiger partial charge in [0.05, 0.1) is 35.5 Å². The number of piperidine rings is 1. The lowest BCUT2D eigenvalue weighted by molar-refractivity contribution is -0.135. The Morgan fingerprint density at radius 3 is 2.23 bits per heavy atom. The molecule has 0 bridgehead atoms. The van der Waals surface area contributed by atoms with Crippen LogP contribution in [0.4, 0.5) is 10.5 Å². The highest BCUT2D eigenvalue weighted by molar-refractivity contribution is 6.07. The van der Waals surface area contributed by atoms with Crippen LogP contribution in [-0.2, 0) is 77.5 Å². The number of para-hydroxylation sites is 2. The Morgan fingerprint density at radius 1 is 0.772 bits per heavy atom. The van der Waals surface area contributed by atoms with E-state index in [1.165, 1.54) is 10.1 Å². The summed E-state index contributed by atoms with van der Waals surface area (Å²) < 4.78 is 21.3. The number of carbonyl (C=O) groups is 6. The van der Waals surface area contributed by atoms with Crippen LogP contribution in [0.25, 0.3) is 22.2 Å². The number of aryl methyl sites for hydroxylation is 4. The molecule has 0 saturated carbocycles. The average Bonchev–Trinajstić information content (AvgIpc) is 4.28. The van der Waals surface area contributed by atoms with Crippen molar-refractivity contribution in [2.75, 3.05) is 24.7 Å². The molecule has 3 aliphatic heterocycles. The molecule has 6 aromatic rings. The van der Waals surface area contributed by atoms with Crippen LogP contribution in [0.15, 0.2) is 114 Å². The van der Waals surface area contributed by atoms with E-state index in [1.807, 2.05) is 91.9 Å². The number of fused-ring (bicyclic) bond motifs is 4. The zero-order valence-electron chi connectivity index (χ0n) is 44.9. The van der Waals surface area contributed by atoms with Gasteiger partial charge in [-0.1, -0.05) is 110 Å². The number of imide groups is 1. The smallest absolute Gasteiger partial charge is 0.407 e. The van der Waals surface area contributed by atoms with Crippen LogP contribution in [0.1, 0.15) is 116 Å². The molecular formula is C62H69N7O10. The summed E-state index contributed by atoms with van der Waals surface area (Å²) in [6, 6.07) is 32.9. The zero-order valence-corrected chi connectivity index (χ0v) is 44.9. The zero-order chi connectivity index (χ0) is 55.2. The van der Waals surface area contributed by atoms with E-state index in [0.29, 0.717) is 43.7 Å². The van der Waals surface area contributed by atoms with Gasteiger partial charge in [-0.3, -0.25) is 43.3 Å². The van der Waals surface area contributed by atoms with Crippen LogP contribution in [0.2, 0.25) is 0 Å². The monoisotopic (exact) mass is 1070 g/mol. The Balaban J connectivity index is 0.671. The summed E-state index contributed by atoms with van der Waals surface area (Å²) in [4.78, 5) is 93.8. The fraction of sp³-hybridized carbons (Fsp3) is 0.403. The third-order valence-corrected chi connectivity index (χ3v) is 16.2. The molecule has 1 saturated heterocycles. The predicted octanol–water partition coefficient (Wildman–Crippen LogP) is 7.15. The van der Waals surface area contributed by atoms with E-state index in [4.69, 9.17) is 19.9 Å². The summed E-state index contributed by atoms with van der Waals surface area (Å²) >= 11 is 0. The number of aromatic nitrogens is 2. The first-order valence-electron chi connectivity index (χ1n) is 27.8. The number of imidazole rings is 1. The number of unbranched alkanes of at least 4 members (excludes halogenated alkanes) is 2. The Hall–Kier alpha value is -7.89. The lowest BCUT2D eigenvalue weighted by Crippen LogP contribution is -2.56. The molecule has 5 atom stereocenters. The SMILES string of the molecule is C[C@@H](OCc1ccc(CCCOCCCCCc2cccc3c2n(C)c(=O)n3C2CCC(=O)NC2=O)cc1)[C@H](CCC(N)=O)NC(=O)[C@@H]1Cc2cccc3c2N1C(=O)[C@@H](NC(=O)OCC1c2ccccc2-c2ccccc21)CC3. The second-order valence-electron chi connectivity index (χ2n) is 21.4. The van der Waals surface area contributed by atoms with Gasteiger partial charge in [-0.05, 0) is 121 Å². The molecule has 1 aliphatic carbocycles. The van der Waals surface area contributed by atoms with Crippen molar-refractivity contribution in [3.63, 3.8) is 0 Å². The fourth-order valence-corrected chi connectivity index (χ4v) is 12.0. The number of alkyl carbamates (subject to hydrolysis) is 1. The van der Waals surface area contributed by atoms with Crippen LogP contribution in [0.3, 0.4) is 0 Å². The maximum Gasteiger partial charge on any atom is 0.407 e. The molecule has 1 aromatic heterocycles. The topological polar surface area (TPSA) is 222 Å². The highest BCUT2D eigenvalue weighted by Crippen LogP contribution is 2.45. The molecule has 1 fully saturated rings. The Kier molecular flexibility index (Phi) is 16.8. The number of nitrogens with zero attached hydrogens (tertiary/aromatic N) is 3. The summed E-state index contributed by atoms with van der Waals surface area (Å²) in [6.45, 7) is 3.50. The summed E-state index contributed by atoms with van der Waals surface area (Å²) in [5, 5.41) is 8.34. The molecule has 6 amide bonds. The first-order chi connectivity index (χ1) is 38.3. The summed E-state index contributed by atoms with van der Waals surface area (Å²) in [6.07, 6.45) is 5.94. The van der Waals surface area contributed by atoms with Gasteiger partial charge in [0.1, 0.15) is 24.7 Å². The molecule has 0 spiro atoms. The molecule has 4 heterocycles. The molecule has 79 heavy (non-hydrogen) atoms.